The van der Waals surface area contributed by atoms with Crippen molar-refractivity contribution < 1.29 is 4.39 Å². The summed E-state index contributed by atoms with van der Waals surface area (Å²) in [5.74, 6) is -0.0310. The van der Waals surface area contributed by atoms with Gasteiger partial charge in [0, 0.05) is 10.5 Å². The summed E-state index contributed by atoms with van der Waals surface area (Å²) in [6, 6.07) is 9.71. The third-order valence-corrected chi connectivity index (χ3v) is 4.02. The van der Waals surface area contributed by atoms with Crippen LogP contribution in [0.4, 0.5) is 10.3 Å². The molecular formula is C13H8BrClFN3. The highest BCUT2D eigenvalue weighted by molar-refractivity contribution is 9.10. The Hall–Kier alpha value is -1.59. The van der Waals surface area contributed by atoms with Crippen LogP contribution in [-0.2, 0) is 0 Å². The molecule has 6 heteroatoms. The molecule has 2 N–H and O–H groups in total. The molecule has 3 rings (SSSR count). The Labute approximate surface area is 121 Å². The number of fused-ring (bicyclic) bond motifs is 1. The summed E-state index contributed by atoms with van der Waals surface area (Å²) in [5.41, 5.74) is 7.93. The van der Waals surface area contributed by atoms with Gasteiger partial charge in [0.1, 0.15) is 5.82 Å². The molecule has 0 fully saturated rings. The maximum atomic E-state index is 13.4. The molecule has 3 nitrogen and oxygen atoms in total. The van der Waals surface area contributed by atoms with Gasteiger partial charge in [0.05, 0.1) is 21.7 Å². The van der Waals surface area contributed by atoms with Gasteiger partial charge in [-0.05, 0) is 46.3 Å². The van der Waals surface area contributed by atoms with E-state index in [0.717, 1.165) is 10.2 Å². The van der Waals surface area contributed by atoms with E-state index in [2.05, 4.69) is 20.9 Å². The van der Waals surface area contributed by atoms with Crippen LogP contribution >= 0.6 is 27.5 Å². The predicted molar refractivity (Wildman–Crippen MR) is 78.2 cm³/mol. The first-order valence-electron chi connectivity index (χ1n) is 5.45. The number of hydrogen-bond acceptors (Lipinski definition) is 2. The number of halogens is 3. The fourth-order valence-corrected chi connectivity index (χ4v) is 2.45. The van der Waals surface area contributed by atoms with Gasteiger partial charge in [-0.3, -0.25) is 4.57 Å². The summed E-state index contributed by atoms with van der Waals surface area (Å²) >= 11 is 9.32. The Balaban J connectivity index is 2.31. The molecular weight excluding hydrogens is 333 g/mol. The molecule has 0 aliphatic carbocycles. The van der Waals surface area contributed by atoms with Crippen molar-refractivity contribution >= 4 is 44.5 Å². The van der Waals surface area contributed by atoms with Crippen molar-refractivity contribution in [2.24, 2.45) is 0 Å². The molecule has 0 unspecified atom stereocenters. The van der Waals surface area contributed by atoms with Crippen molar-refractivity contribution in [2.45, 2.75) is 0 Å². The maximum Gasteiger partial charge on any atom is 0.205 e. The largest absolute Gasteiger partial charge is 0.369 e. The van der Waals surface area contributed by atoms with E-state index in [1.165, 1.54) is 12.1 Å². The molecule has 0 radical (unpaired) electrons. The monoisotopic (exact) mass is 339 g/mol. The van der Waals surface area contributed by atoms with E-state index in [9.17, 15) is 4.39 Å². The number of nitrogens with zero attached hydrogens (tertiary/aromatic N) is 2. The molecule has 19 heavy (non-hydrogen) atoms. The minimum Gasteiger partial charge on any atom is -0.369 e. The first kappa shape index (κ1) is 12.4. The summed E-state index contributed by atoms with van der Waals surface area (Å²) < 4.78 is 15.8. The van der Waals surface area contributed by atoms with E-state index in [4.69, 9.17) is 17.3 Å². The highest BCUT2D eigenvalue weighted by Gasteiger charge is 2.11. The Bertz CT molecular complexity index is 785. The van der Waals surface area contributed by atoms with Gasteiger partial charge in [-0.25, -0.2) is 9.37 Å². The van der Waals surface area contributed by atoms with Crippen molar-refractivity contribution in [2.75, 3.05) is 5.73 Å². The zero-order chi connectivity index (χ0) is 13.6. The molecule has 3 aromatic rings. The number of nitrogen functional groups attached to an aromatic ring is 1. The first-order chi connectivity index (χ1) is 9.06. The molecule has 1 heterocycles. The molecule has 2 aromatic carbocycles. The second kappa shape index (κ2) is 4.51. The molecule has 0 aliphatic rings. The number of anilines is 1. The molecule has 0 bridgehead atoms. The lowest BCUT2D eigenvalue weighted by atomic mass is 10.2. The number of benzene rings is 2. The average Bonchev–Trinajstić information content (AvgIpc) is 2.68. The van der Waals surface area contributed by atoms with Crippen LogP contribution in [0.3, 0.4) is 0 Å². The Morgan fingerprint density at radius 3 is 2.74 bits per heavy atom. The Morgan fingerprint density at radius 2 is 2.00 bits per heavy atom. The highest BCUT2D eigenvalue weighted by atomic mass is 79.9. The molecule has 0 aliphatic heterocycles. The van der Waals surface area contributed by atoms with Crippen LogP contribution in [-0.4, -0.2) is 9.55 Å². The maximum absolute atomic E-state index is 13.4. The van der Waals surface area contributed by atoms with Gasteiger partial charge in [-0.15, -0.1) is 0 Å². The number of hydrogen-bond donors (Lipinski definition) is 1. The minimum atomic E-state index is -0.332. The van der Waals surface area contributed by atoms with Crippen LogP contribution in [0.2, 0.25) is 5.02 Å². The van der Waals surface area contributed by atoms with Crippen LogP contribution in [0.15, 0.2) is 40.9 Å². The summed E-state index contributed by atoms with van der Waals surface area (Å²) in [7, 11) is 0. The summed E-state index contributed by atoms with van der Waals surface area (Å²) in [4.78, 5) is 4.21. The summed E-state index contributed by atoms with van der Waals surface area (Å²) in [6.45, 7) is 0. The molecule has 1 aromatic heterocycles. The van der Waals surface area contributed by atoms with Crippen molar-refractivity contribution in [1.82, 2.24) is 9.55 Å². The van der Waals surface area contributed by atoms with Crippen LogP contribution in [0.5, 0.6) is 0 Å². The van der Waals surface area contributed by atoms with Gasteiger partial charge in [0.25, 0.3) is 0 Å². The van der Waals surface area contributed by atoms with Crippen LogP contribution in [0.1, 0.15) is 0 Å². The van der Waals surface area contributed by atoms with E-state index < -0.39 is 0 Å². The Kier molecular flexibility index (Phi) is 2.95. The third-order valence-electron chi connectivity index (χ3n) is 2.80. The molecule has 0 spiro atoms. The van der Waals surface area contributed by atoms with Gasteiger partial charge >= 0.3 is 0 Å². The SMILES string of the molecule is Nc1nc2ccc(F)cc2n1-c1ccc(Cl)c(Br)c1. The molecule has 0 saturated heterocycles. The fourth-order valence-electron chi connectivity index (χ4n) is 1.96. The topological polar surface area (TPSA) is 43.8 Å². The van der Waals surface area contributed by atoms with Gasteiger partial charge in [-0.1, -0.05) is 11.6 Å². The second-order valence-electron chi connectivity index (χ2n) is 4.04. The number of imidazole rings is 1. The lowest BCUT2D eigenvalue weighted by molar-refractivity contribution is 0.629. The Morgan fingerprint density at radius 1 is 1.21 bits per heavy atom. The van der Waals surface area contributed by atoms with E-state index in [1.807, 2.05) is 6.07 Å². The van der Waals surface area contributed by atoms with Gasteiger partial charge in [0.15, 0.2) is 0 Å². The average molecular weight is 341 g/mol. The molecule has 96 valence electrons. The molecule has 0 amide bonds. The standard InChI is InChI=1S/C13H8BrClFN3/c14-9-6-8(2-3-10(9)15)19-12-5-7(16)1-4-11(12)18-13(19)17/h1-6H,(H2,17,18). The van der Waals surface area contributed by atoms with Gasteiger partial charge in [-0.2, -0.15) is 0 Å². The summed E-state index contributed by atoms with van der Waals surface area (Å²) in [5, 5.41) is 0.595. The minimum absolute atomic E-state index is 0.301. The van der Waals surface area contributed by atoms with E-state index in [1.54, 1.807) is 22.8 Å². The molecule has 0 saturated carbocycles. The van der Waals surface area contributed by atoms with Crippen LogP contribution in [0.25, 0.3) is 16.7 Å². The second-order valence-corrected chi connectivity index (χ2v) is 5.30. The van der Waals surface area contributed by atoms with Gasteiger partial charge < -0.3 is 5.73 Å². The predicted octanol–water partition coefficient (Wildman–Crippen LogP) is 4.16. The zero-order valence-electron chi connectivity index (χ0n) is 9.57. The number of nitrogens with two attached hydrogens (primary N) is 1. The lowest BCUT2D eigenvalue weighted by Gasteiger charge is -2.07. The lowest BCUT2D eigenvalue weighted by Crippen LogP contribution is -2.00. The van der Waals surface area contributed by atoms with Crippen molar-refractivity contribution in [1.29, 1.82) is 0 Å². The zero-order valence-corrected chi connectivity index (χ0v) is 11.9. The van der Waals surface area contributed by atoms with Crippen molar-refractivity contribution in [3.05, 3.63) is 51.7 Å². The smallest absolute Gasteiger partial charge is 0.205 e. The highest BCUT2D eigenvalue weighted by Crippen LogP contribution is 2.29. The van der Waals surface area contributed by atoms with Crippen molar-refractivity contribution in [3.63, 3.8) is 0 Å². The number of rotatable bonds is 1. The van der Waals surface area contributed by atoms with E-state index >= 15 is 0 Å². The summed E-state index contributed by atoms with van der Waals surface area (Å²) in [6.07, 6.45) is 0. The van der Waals surface area contributed by atoms with E-state index in [0.29, 0.717) is 22.0 Å². The quantitative estimate of drug-likeness (QED) is 0.723. The van der Waals surface area contributed by atoms with Gasteiger partial charge in [0.2, 0.25) is 5.95 Å². The van der Waals surface area contributed by atoms with E-state index in [-0.39, 0.29) is 5.82 Å². The normalized spacial score (nSPS) is 11.1. The van der Waals surface area contributed by atoms with Crippen LogP contribution in [0, 0.1) is 5.82 Å². The van der Waals surface area contributed by atoms with Crippen LogP contribution < -0.4 is 5.73 Å². The first-order valence-corrected chi connectivity index (χ1v) is 6.62. The van der Waals surface area contributed by atoms with Crippen molar-refractivity contribution in [3.8, 4) is 5.69 Å². The number of aromatic nitrogens is 2. The fraction of sp³-hybridized carbons (Fsp3) is 0. The third kappa shape index (κ3) is 2.09. The molecule has 0 atom stereocenters.